The molecule has 0 amide bonds. The standard InChI is InChI=1S/C18H10ClF7N4O3/c1-32-10-4-5-27-14(28-10)15-29-12(17(22,23)18(24,25)26)11(16(31)30-15)33-7-2-3-9(19)8(6-7)13(20)21/h2-6,13H,1H3,(H,29,30,31). The summed E-state index contributed by atoms with van der Waals surface area (Å²) < 4.78 is 104. The number of aromatic amines is 1. The van der Waals surface area contributed by atoms with Crippen LogP contribution in [0.3, 0.4) is 0 Å². The molecule has 0 fully saturated rings. The van der Waals surface area contributed by atoms with Crippen molar-refractivity contribution in [1.82, 2.24) is 19.9 Å². The fourth-order valence-corrected chi connectivity index (χ4v) is 2.65. The van der Waals surface area contributed by atoms with E-state index in [-0.39, 0.29) is 5.88 Å². The lowest BCUT2D eigenvalue weighted by Crippen LogP contribution is -2.36. The number of hydrogen-bond donors (Lipinski definition) is 1. The Bertz CT molecular complexity index is 1230. The highest BCUT2D eigenvalue weighted by Crippen LogP contribution is 2.46. The lowest BCUT2D eigenvalue weighted by molar-refractivity contribution is -0.291. The Morgan fingerprint density at radius 2 is 1.79 bits per heavy atom. The molecule has 3 aromatic rings. The zero-order valence-corrected chi connectivity index (χ0v) is 16.8. The normalized spacial score (nSPS) is 12.2. The van der Waals surface area contributed by atoms with Crippen LogP contribution in [0.2, 0.25) is 5.02 Å². The van der Waals surface area contributed by atoms with Gasteiger partial charge in [-0.15, -0.1) is 0 Å². The molecule has 2 heterocycles. The molecule has 7 nitrogen and oxygen atoms in total. The summed E-state index contributed by atoms with van der Waals surface area (Å²) in [6.07, 6.45) is -8.24. The number of halogens is 8. The van der Waals surface area contributed by atoms with Crippen LogP contribution in [-0.2, 0) is 5.92 Å². The maximum atomic E-state index is 14.3. The lowest BCUT2D eigenvalue weighted by Gasteiger charge is -2.21. The second-order valence-corrected chi connectivity index (χ2v) is 6.58. The van der Waals surface area contributed by atoms with E-state index in [1.54, 1.807) is 0 Å². The van der Waals surface area contributed by atoms with Gasteiger partial charge in [0.15, 0.2) is 17.3 Å². The third-order valence-corrected chi connectivity index (χ3v) is 4.35. The number of aromatic nitrogens is 4. The van der Waals surface area contributed by atoms with Gasteiger partial charge >= 0.3 is 12.1 Å². The minimum Gasteiger partial charge on any atom is -0.481 e. The molecule has 0 aliphatic heterocycles. The predicted molar refractivity (Wildman–Crippen MR) is 98.9 cm³/mol. The minimum atomic E-state index is -6.19. The first-order chi connectivity index (χ1) is 15.3. The van der Waals surface area contributed by atoms with Crippen LogP contribution in [0.25, 0.3) is 11.6 Å². The van der Waals surface area contributed by atoms with Crippen LogP contribution in [0.15, 0.2) is 35.3 Å². The van der Waals surface area contributed by atoms with Crippen LogP contribution >= 0.6 is 11.6 Å². The van der Waals surface area contributed by atoms with Gasteiger partial charge in [-0.3, -0.25) is 4.79 Å². The molecule has 0 saturated heterocycles. The maximum absolute atomic E-state index is 14.3. The SMILES string of the molecule is COc1ccnc(-c2nc(C(F)(F)C(F)(F)F)c(Oc3ccc(Cl)c(C(F)F)c3)c(=O)[nH]2)n1. The van der Waals surface area contributed by atoms with Crippen molar-refractivity contribution in [3.05, 3.63) is 57.1 Å². The number of nitrogens with one attached hydrogen (secondary N) is 1. The van der Waals surface area contributed by atoms with Crippen LogP contribution in [0.4, 0.5) is 30.7 Å². The zero-order valence-electron chi connectivity index (χ0n) is 16.1. The molecule has 2 aromatic heterocycles. The summed E-state index contributed by atoms with van der Waals surface area (Å²) in [7, 11) is 1.20. The topological polar surface area (TPSA) is 90.0 Å². The molecular weight excluding hydrogens is 489 g/mol. The van der Waals surface area contributed by atoms with Gasteiger partial charge in [0.25, 0.3) is 12.0 Å². The van der Waals surface area contributed by atoms with Crippen molar-refractivity contribution in [2.24, 2.45) is 0 Å². The molecule has 0 spiro atoms. The highest BCUT2D eigenvalue weighted by Gasteiger charge is 2.62. The molecule has 1 N–H and O–H groups in total. The number of ether oxygens (including phenoxy) is 2. The number of H-pyrrole nitrogens is 1. The monoisotopic (exact) mass is 498 g/mol. The summed E-state index contributed by atoms with van der Waals surface area (Å²) in [5, 5.41) is -0.421. The summed E-state index contributed by atoms with van der Waals surface area (Å²) >= 11 is 5.59. The molecule has 0 saturated carbocycles. The Morgan fingerprint density at radius 3 is 2.39 bits per heavy atom. The Kier molecular flexibility index (Phi) is 6.49. The maximum Gasteiger partial charge on any atom is 0.459 e. The quantitative estimate of drug-likeness (QED) is 0.466. The summed E-state index contributed by atoms with van der Waals surface area (Å²) in [4.78, 5) is 24.9. The molecule has 0 unspecified atom stereocenters. The van der Waals surface area contributed by atoms with E-state index in [9.17, 15) is 35.5 Å². The first kappa shape index (κ1) is 24.2. The van der Waals surface area contributed by atoms with Crippen LogP contribution in [0.5, 0.6) is 17.4 Å². The lowest BCUT2D eigenvalue weighted by atomic mass is 10.2. The minimum absolute atomic E-state index is 0.104. The van der Waals surface area contributed by atoms with E-state index in [2.05, 4.69) is 15.0 Å². The van der Waals surface area contributed by atoms with Crippen molar-refractivity contribution in [3.63, 3.8) is 0 Å². The number of benzene rings is 1. The van der Waals surface area contributed by atoms with Gasteiger partial charge in [0.2, 0.25) is 11.6 Å². The van der Waals surface area contributed by atoms with Gasteiger partial charge in [0.05, 0.1) is 7.11 Å². The van der Waals surface area contributed by atoms with E-state index in [0.29, 0.717) is 6.07 Å². The van der Waals surface area contributed by atoms with Crippen LogP contribution in [0.1, 0.15) is 17.7 Å². The molecule has 0 aliphatic rings. The van der Waals surface area contributed by atoms with Gasteiger partial charge in [-0.1, -0.05) is 11.6 Å². The Hall–Kier alpha value is -3.42. The average Bonchev–Trinajstić information content (AvgIpc) is 2.75. The fourth-order valence-electron chi connectivity index (χ4n) is 2.45. The van der Waals surface area contributed by atoms with Crippen molar-refractivity contribution in [2.45, 2.75) is 18.5 Å². The van der Waals surface area contributed by atoms with Crippen molar-refractivity contribution in [2.75, 3.05) is 7.11 Å². The van der Waals surface area contributed by atoms with Crippen molar-refractivity contribution in [1.29, 1.82) is 0 Å². The Balaban J connectivity index is 2.21. The molecule has 0 bridgehead atoms. The number of rotatable bonds is 6. The summed E-state index contributed by atoms with van der Waals surface area (Å²) in [6.45, 7) is 0. The second-order valence-electron chi connectivity index (χ2n) is 6.17. The molecule has 176 valence electrons. The van der Waals surface area contributed by atoms with Gasteiger partial charge < -0.3 is 14.5 Å². The zero-order chi connectivity index (χ0) is 24.6. The number of methoxy groups -OCH3 is 1. The van der Waals surface area contributed by atoms with Gasteiger partial charge in [0.1, 0.15) is 5.75 Å². The van der Waals surface area contributed by atoms with Gasteiger partial charge in [-0.2, -0.15) is 26.9 Å². The molecule has 0 aliphatic carbocycles. The van der Waals surface area contributed by atoms with E-state index in [1.807, 2.05) is 4.98 Å². The van der Waals surface area contributed by atoms with E-state index in [0.717, 1.165) is 18.3 Å². The van der Waals surface area contributed by atoms with Crippen molar-refractivity contribution in [3.8, 4) is 29.0 Å². The molecule has 33 heavy (non-hydrogen) atoms. The molecule has 0 radical (unpaired) electrons. The molecule has 15 heteroatoms. The summed E-state index contributed by atoms with van der Waals surface area (Å²) in [6, 6.07) is 3.61. The van der Waals surface area contributed by atoms with Crippen molar-refractivity contribution < 1.29 is 40.2 Å². The van der Waals surface area contributed by atoms with Gasteiger partial charge in [0, 0.05) is 22.8 Å². The number of alkyl halides is 7. The number of nitrogens with zero attached hydrogens (tertiary/aromatic N) is 3. The predicted octanol–water partition coefficient (Wildman–Crippen LogP) is 5.27. The molecule has 1 aromatic carbocycles. The first-order valence-electron chi connectivity index (χ1n) is 8.57. The Labute approximate surface area is 184 Å². The largest absolute Gasteiger partial charge is 0.481 e. The summed E-state index contributed by atoms with van der Waals surface area (Å²) in [5.74, 6) is -9.41. The smallest absolute Gasteiger partial charge is 0.459 e. The summed E-state index contributed by atoms with van der Waals surface area (Å²) in [5.41, 5.74) is -4.52. The van der Waals surface area contributed by atoms with Crippen LogP contribution in [-0.4, -0.2) is 33.2 Å². The van der Waals surface area contributed by atoms with E-state index < -0.39 is 63.5 Å². The van der Waals surface area contributed by atoms with Crippen molar-refractivity contribution >= 4 is 11.6 Å². The van der Waals surface area contributed by atoms with Gasteiger partial charge in [-0.05, 0) is 18.2 Å². The third kappa shape index (κ3) is 4.84. The Morgan fingerprint density at radius 1 is 1.09 bits per heavy atom. The van der Waals surface area contributed by atoms with Crippen LogP contribution in [0, 0.1) is 0 Å². The number of hydrogen-bond acceptors (Lipinski definition) is 6. The second kappa shape index (κ2) is 8.84. The molecular formula is C18H10ClF7N4O3. The average molecular weight is 499 g/mol. The van der Waals surface area contributed by atoms with E-state index in [4.69, 9.17) is 21.1 Å². The highest BCUT2D eigenvalue weighted by molar-refractivity contribution is 6.31. The van der Waals surface area contributed by atoms with Crippen LogP contribution < -0.4 is 15.0 Å². The van der Waals surface area contributed by atoms with E-state index >= 15 is 0 Å². The molecule has 0 atom stereocenters. The van der Waals surface area contributed by atoms with E-state index in [1.165, 1.54) is 13.2 Å². The molecule has 3 rings (SSSR count). The third-order valence-electron chi connectivity index (χ3n) is 4.00. The first-order valence-corrected chi connectivity index (χ1v) is 8.95. The highest BCUT2D eigenvalue weighted by atomic mass is 35.5. The fraction of sp³-hybridized carbons (Fsp3) is 0.222. The van der Waals surface area contributed by atoms with Gasteiger partial charge in [-0.25, -0.2) is 18.7 Å².